The third-order valence-electron chi connectivity index (χ3n) is 6.24. The van der Waals surface area contributed by atoms with Crippen molar-refractivity contribution in [1.29, 1.82) is 0 Å². The van der Waals surface area contributed by atoms with E-state index in [2.05, 4.69) is 19.4 Å². The molecule has 0 aliphatic heterocycles. The lowest BCUT2D eigenvalue weighted by Gasteiger charge is -2.32. The molecule has 2 aromatic carbocycles. The quantitative estimate of drug-likeness (QED) is 0.423. The van der Waals surface area contributed by atoms with Gasteiger partial charge in [-0.2, -0.15) is 0 Å². The number of pyridine rings is 2. The molecular formula is C24H24N4O4S2. The van der Waals surface area contributed by atoms with E-state index >= 15 is 0 Å². The second-order valence-corrected chi connectivity index (χ2v) is 11.8. The Hall–Kier alpha value is -2.92. The number of fused-ring (bicyclic) bond motifs is 2. The van der Waals surface area contributed by atoms with Crippen LogP contribution in [0.2, 0.25) is 0 Å². The fourth-order valence-electron chi connectivity index (χ4n) is 4.59. The molecule has 176 valence electrons. The highest BCUT2D eigenvalue weighted by atomic mass is 32.2. The third-order valence-corrected chi connectivity index (χ3v) is 9.34. The number of sulfonamides is 2. The summed E-state index contributed by atoms with van der Waals surface area (Å²) in [4.78, 5) is 8.42. The van der Waals surface area contributed by atoms with Crippen LogP contribution in [0, 0.1) is 0 Å². The third kappa shape index (κ3) is 4.41. The lowest BCUT2D eigenvalue weighted by Crippen LogP contribution is -2.53. The highest BCUT2D eigenvalue weighted by molar-refractivity contribution is 7.90. The number of hydrogen-bond donors (Lipinski definition) is 2. The molecule has 1 aliphatic rings. The average Bonchev–Trinajstić information content (AvgIpc) is 2.84. The van der Waals surface area contributed by atoms with Crippen molar-refractivity contribution in [3.05, 3.63) is 73.3 Å². The molecule has 2 N–H and O–H groups in total. The van der Waals surface area contributed by atoms with Crippen LogP contribution in [0.4, 0.5) is 0 Å². The topological polar surface area (TPSA) is 118 Å². The van der Waals surface area contributed by atoms with Crippen molar-refractivity contribution >= 4 is 41.6 Å². The van der Waals surface area contributed by atoms with Gasteiger partial charge < -0.3 is 0 Å². The van der Waals surface area contributed by atoms with Gasteiger partial charge in [0.1, 0.15) is 0 Å². The SMILES string of the molecule is O=S(=O)(N[C@H]1CCCC[C@@H]1NS(=O)(=O)c1cccc2cnccc12)c1cccc2cnccc12. The maximum atomic E-state index is 13.4. The molecule has 2 aromatic heterocycles. The number of rotatable bonds is 6. The Morgan fingerprint density at radius 2 is 1.09 bits per heavy atom. The zero-order chi connectivity index (χ0) is 23.8. The molecule has 2 atom stereocenters. The van der Waals surface area contributed by atoms with Gasteiger partial charge in [-0.05, 0) is 37.1 Å². The molecule has 5 rings (SSSR count). The first-order chi connectivity index (χ1) is 16.4. The van der Waals surface area contributed by atoms with Gasteiger partial charge in [0.25, 0.3) is 0 Å². The maximum Gasteiger partial charge on any atom is 0.241 e. The van der Waals surface area contributed by atoms with Gasteiger partial charge in [-0.1, -0.05) is 37.1 Å². The predicted molar refractivity (Wildman–Crippen MR) is 130 cm³/mol. The lowest BCUT2D eigenvalue weighted by molar-refractivity contribution is 0.340. The second kappa shape index (κ2) is 9.03. The fourth-order valence-corrected chi connectivity index (χ4v) is 7.67. The monoisotopic (exact) mass is 496 g/mol. The first-order valence-corrected chi connectivity index (χ1v) is 14.0. The predicted octanol–water partition coefficient (Wildman–Crippen LogP) is 3.35. The Labute approximate surface area is 198 Å². The first kappa shape index (κ1) is 22.9. The van der Waals surface area contributed by atoms with Crippen LogP contribution >= 0.6 is 0 Å². The van der Waals surface area contributed by atoms with E-state index < -0.39 is 32.1 Å². The molecule has 2 heterocycles. The number of hydrogen-bond acceptors (Lipinski definition) is 6. The molecular weight excluding hydrogens is 472 g/mol. The highest BCUT2D eigenvalue weighted by Crippen LogP contribution is 2.27. The second-order valence-electron chi connectivity index (χ2n) is 8.45. The molecule has 10 heteroatoms. The summed E-state index contributed by atoms with van der Waals surface area (Å²) in [6, 6.07) is 12.3. The number of nitrogens with zero attached hydrogens (tertiary/aromatic N) is 2. The highest BCUT2D eigenvalue weighted by Gasteiger charge is 2.33. The molecule has 1 aliphatic carbocycles. The summed E-state index contributed by atoms with van der Waals surface area (Å²) in [5.41, 5.74) is 0. The zero-order valence-corrected chi connectivity index (χ0v) is 19.9. The number of benzene rings is 2. The van der Waals surface area contributed by atoms with Crippen molar-refractivity contribution in [3.8, 4) is 0 Å². The fraction of sp³-hybridized carbons (Fsp3) is 0.250. The van der Waals surface area contributed by atoms with Gasteiger partial charge in [0.2, 0.25) is 20.0 Å². The van der Waals surface area contributed by atoms with Crippen LogP contribution in [0.3, 0.4) is 0 Å². The van der Waals surface area contributed by atoms with Gasteiger partial charge in [-0.3, -0.25) is 9.97 Å². The van der Waals surface area contributed by atoms with Crippen LogP contribution in [-0.2, 0) is 20.0 Å². The Balaban J connectivity index is 1.44. The molecule has 0 radical (unpaired) electrons. The molecule has 34 heavy (non-hydrogen) atoms. The van der Waals surface area contributed by atoms with E-state index in [1.54, 1.807) is 73.3 Å². The van der Waals surface area contributed by atoms with E-state index in [4.69, 9.17) is 0 Å². The Morgan fingerprint density at radius 1 is 0.647 bits per heavy atom. The molecule has 4 aromatic rings. The van der Waals surface area contributed by atoms with Crippen molar-refractivity contribution in [2.24, 2.45) is 0 Å². The Bertz CT molecular complexity index is 1440. The van der Waals surface area contributed by atoms with E-state index in [9.17, 15) is 16.8 Å². The van der Waals surface area contributed by atoms with Crippen molar-refractivity contribution < 1.29 is 16.8 Å². The van der Waals surface area contributed by atoms with Crippen LogP contribution in [0.1, 0.15) is 25.7 Å². The van der Waals surface area contributed by atoms with Gasteiger partial charge in [0, 0.05) is 58.4 Å². The van der Waals surface area contributed by atoms with Gasteiger partial charge in [-0.15, -0.1) is 0 Å². The summed E-state index contributed by atoms with van der Waals surface area (Å²) >= 11 is 0. The molecule has 0 unspecified atom stereocenters. The van der Waals surface area contributed by atoms with Crippen molar-refractivity contribution in [1.82, 2.24) is 19.4 Å². The minimum Gasteiger partial charge on any atom is -0.264 e. The minimum atomic E-state index is -3.90. The zero-order valence-electron chi connectivity index (χ0n) is 18.3. The van der Waals surface area contributed by atoms with Gasteiger partial charge >= 0.3 is 0 Å². The van der Waals surface area contributed by atoms with E-state index in [1.165, 1.54) is 0 Å². The number of aromatic nitrogens is 2. The Kier molecular flexibility index (Phi) is 6.07. The molecule has 0 bridgehead atoms. The summed E-state index contributed by atoms with van der Waals surface area (Å²) in [5.74, 6) is 0. The van der Waals surface area contributed by atoms with Crippen LogP contribution in [-0.4, -0.2) is 38.9 Å². The molecule has 8 nitrogen and oxygen atoms in total. The largest absolute Gasteiger partial charge is 0.264 e. The van der Waals surface area contributed by atoms with Crippen molar-refractivity contribution in [2.75, 3.05) is 0 Å². The minimum absolute atomic E-state index is 0.154. The van der Waals surface area contributed by atoms with Crippen LogP contribution in [0.5, 0.6) is 0 Å². The average molecular weight is 497 g/mol. The summed E-state index contributed by atoms with van der Waals surface area (Å²) in [5, 5.41) is 2.58. The standard InChI is InChI=1S/C24H24N4O4S2/c29-33(30,23-9-3-5-17-15-25-13-11-19(17)23)27-21-7-1-2-8-22(21)28-34(31,32)24-10-4-6-18-16-26-14-12-20(18)24/h3-6,9-16,21-22,27-28H,1-2,7-8H2/t21-,22-/m0/s1. The summed E-state index contributed by atoms with van der Waals surface area (Å²) in [6.07, 6.45) is 9.04. The van der Waals surface area contributed by atoms with Crippen molar-refractivity contribution in [2.45, 2.75) is 47.6 Å². The number of nitrogens with one attached hydrogen (secondary N) is 2. The summed E-state index contributed by atoms with van der Waals surface area (Å²) < 4.78 is 59.0. The van der Waals surface area contributed by atoms with E-state index in [-0.39, 0.29) is 9.79 Å². The molecule has 1 saturated carbocycles. The van der Waals surface area contributed by atoms with Crippen molar-refractivity contribution in [3.63, 3.8) is 0 Å². The van der Waals surface area contributed by atoms with Crippen LogP contribution in [0.25, 0.3) is 21.5 Å². The maximum absolute atomic E-state index is 13.4. The molecule has 0 saturated heterocycles. The van der Waals surface area contributed by atoms with E-state index in [1.807, 2.05) is 0 Å². The lowest BCUT2D eigenvalue weighted by atomic mass is 9.92. The van der Waals surface area contributed by atoms with E-state index in [0.717, 1.165) is 23.6 Å². The Morgan fingerprint density at radius 3 is 1.53 bits per heavy atom. The van der Waals surface area contributed by atoms with Crippen LogP contribution in [0.15, 0.2) is 83.1 Å². The normalized spacial score (nSPS) is 19.4. The summed E-state index contributed by atoms with van der Waals surface area (Å²) in [7, 11) is -7.79. The van der Waals surface area contributed by atoms with Gasteiger partial charge in [-0.25, -0.2) is 26.3 Å². The smallest absolute Gasteiger partial charge is 0.241 e. The molecule has 0 amide bonds. The van der Waals surface area contributed by atoms with Gasteiger partial charge in [0.05, 0.1) is 9.79 Å². The van der Waals surface area contributed by atoms with Crippen LogP contribution < -0.4 is 9.44 Å². The molecule has 1 fully saturated rings. The first-order valence-electron chi connectivity index (χ1n) is 11.1. The molecule has 0 spiro atoms. The van der Waals surface area contributed by atoms with E-state index in [0.29, 0.717) is 23.6 Å². The summed E-state index contributed by atoms with van der Waals surface area (Å²) in [6.45, 7) is 0. The van der Waals surface area contributed by atoms with Gasteiger partial charge in [0.15, 0.2) is 0 Å².